The van der Waals surface area contributed by atoms with Crippen molar-refractivity contribution in [2.45, 2.75) is 31.8 Å². The monoisotopic (exact) mass is 278 g/mol. The summed E-state index contributed by atoms with van der Waals surface area (Å²) in [5.41, 5.74) is 1.01. The summed E-state index contributed by atoms with van der Waals surface area (Å²) in [5, 5.41) is 9.78. The third-order valence-electron chi connectivity index (χ3n) is 2.98. The zero-order valence-corrected chi connectivity index (χ0v) is 10.7. The van der Waals surface area contributed by atoms with Gasteiger partial charge in [-0.05, 0) is 37.1 Å². The molecule has 2 rings (SSSR count). The minimum Gasteiger partial charge on any atom is -0.392 e. The summed E-state index contributed by atoms with van der Waals surface area (Å²) in [5.74, 6) is 6.50. The van der Waals surface area contributed by atoms with Gasteiger partial charge in [0.2, 0.25) is 0 Å². The van der Waals surface area contributed by atoms with Gasteiger partial charge in [-0.15, -0.1) is 0 Å². The molecule has 1 aliphatic rings. The van der Waals surface area contributed by atoms with Gasteiger partial charge in [0.05, 0.1) is 6.10 Å². The first-order valence-corrected chi connectivity index (χ1v) is 6.50. The molecule has 1 aromatic rings. The van der Waals surface area contributed by atoms with E-state index in [0.717, 1.165) is 29.3 Å². The number of halogens is 1. The van der Waals surface area contributed by atoms with Gasteiger partial charge in [0.15, 0.2) is 0 Å². The molecule has 0 aromatic heterocycles. The zero-order valence-electron chi connectivity index (χ0n) is 9.12. The molecule has 0 saturated heterocycles. The maximum absolute atomic E-state index is 9.78. The lowest BCUT2D eigenvalue weighted by molar-refractivity contribution is 0.0970. The lowest BCUT2D eigenvalue weighted by Gasteiger charge is -2.22. The standard InChI is InChI=1S/C14H15BrO/c15-13-9-6-11(7-10-13)5-8-12-3-1-2-4-14(12)16/h6-7,9-10,12,14,16H,1-4H2/t12-,14+/m1/s1. The fraction of sp³-hybridized carbons (Fsp3) is 0.429. The van der Waals surface area contributed by atoms with Crippen molar-refractivity contribution < 1.29 is 5.11 Å². The van der Waals surface area contributed by atoms with Crippen LogP contribution in [0.5, 0.6) is 0 Å². The van der Waals surface area contributed by atoms with Crippen molar-refractivity contribution in [3.63, 3.8) is 0 Å². The first-order valence-electron chi connectivity index (χ1n) is 5.71. The van der Waals surface area contributed by atoms with Gasteiger partial charge in [-0.3, -0.25) is 0 Å². The minimum atomic E-state index is -0.225. The summed E-state index contributed by atoms with van der Waals surface area (Å²) in [6.45, 7) is 0. The van der Waals surface area contributed by atoms with E-state index >= 15 is 0 Å². The van der Waals surface area contributed by atoms with Gasteiger partial charge in [0, 0.05) is 16.0 Å². The van der Waals surface area contributed by atoms with Crippen molar-refractivity contribution in [2.24, 2.45) is 5.92 Å². The minimum absolute atomic E-state index is 0.164. The highest BCUT2D eigenvalue weighted by atomic mass is 79.9. The van der Waals surface area contributed by atoms with Crippen molar-refractivity contribution in [1.82, 2.24) is 0 Å². The average molecular weight is 279 g/mol. The Balaban J connectivity index is 2.05. The maximum Gasteiger partial charge on any atom is 0.0677 e. The molecule has 0 spiro atoms. The summed E-state index contributed by atoms with van der Waals surface area (Å²) < 4.78 is 1.07. The molecule has 0 radical (unpaired) electrons. The molecular weight excluding hydrogens is 264 g/mol. The Morgan fingerprint density at radius 3 is 2.50 bits per heavy atom. The Morgan fingerprint density at radius 2 is 1.81 bits per heavy atom. The van der Waals surface area contributed by atoms with Crippen LogP contribution >= 0.6 is 15.9 Å². The molecule has 0 amide bonds. The van der Waals surface area contributed by atoms with Gasteiger partial charge < -0.3 is 5.11 Å². The fourth-order valence-corrected chi connectivity index (χ4v) is 2.25. The van der Waals surface area contributed by atoms with Crippen LogP contribution in [0.1, 0.15) is 31.2 Å². The Kier molecular flexibility index (Phi) is 4.04. The second-order valence-electron chi connectivity index (χ2n) is 4.23. The predicted octanol–water partition coefficient (Wildman–Crippen LogP) is 3.35. The van der Waals surface area contributed by atoms with E-state index < -0.39 is 0 Å². The Morgan fingerprint density at radius 1 is 1.12 bits per heavy atom. The highest BCUT2D eigenvalue weighted by molar-refractivity contribution is 9.10. The van der Waals surface area contributed by atoms with Gasteiger partial charge in [0.25, 0.3) is 0 Å². The lowest BCUT2D eigenvalue weighted by atomic mass is 9.87. The molecule has 0 bridgehead atoms. The molecule has 1 aliphatic carbocycles. The van der Waals surface area contributed by atoms with E-state index in [1.165, 1.54) is 6.42 Å². The van der Waals surface area contributed by atoms with Crippen molar-refractivity contribution in [2.75, 3.05) is 0 Å². The molecule has 1 aromatic carbocycles. The number of rotatable bonds is 0. The van der Waals surface area contributed by atoms with Crippen molar-refractivity contribution in [3.8, 4) is 11.8 Å². The molecule has 1 fully saturated rings. The molecule has 1 nitrogen and oxygen atoms in total. The maximum atomic E-state index is 9.78. The summed E-state index contributed by atoms with van der Waals surface area (Å²) >= 11 is 3.39. The first kappa shape index (κ1) is 11.7. The lowest BCUT2D eigenvalue weighted by Crippen LogP contribution is -2.22. The third kappa shape index (κ3) is 3.10. The summed E-state index contributed by atoms with van der Waals surface area (Å²) in [7, 11) is 0. The predicted molar refractivity (Wildman–Crippen MR) is 69.0 cm³/mol. The van der Waals surface area contributed by atoms with Crippen LogP contribution in [0.3, 0.4) is 0 Å². The fourth-order valence-electron chi connectivity index (χ4n) is 1.99. The molecule has 0 aliphatic heterocycles. The molecule has 2 atom stereocenters. The van der Waals surface area contributed by atoms with Gasteiger partial charge in [-0.2, -0.15) is 0 Å². The van der Waals surface area contributed by atoms with E-state index in [1.54, 1.807) is 0 Å². The quantitative estimate of drug-likeness (QED) is 0.722. The van der Waals surface area contributed by atoms with E-state index in [0.29, 0.717) is 0 Å². The van der Waals surface area contributed by atoms with Crippen LogP contribution in [0.2, 0.25) is 0 Å². The molecule has 1 saturated carbocycles. The largest absolute Gasteiger partial charge is 0.392 e. The first-order chi connectivity index (χ1) is 7.75. The summed E-state index contributed by atoms with van der Waals surface area (Å²) in [4.78, 5) is 0. The van der Waals surface area contributed by atoms with Crippen LogP contribution in [0.25, 0.3) is 0 Å². The van der Waals surface area contributed by atoms with Crippen LogP contribution in [0.15, 0.2) is 28.7 Å². The van der Waals surface area contributed by atoms with Crippen molar-refractivity contribution in [3.05, 3.63) is 34.3 Å². The smallest absolute Gasteiger partial charge is 0.0677 e. The highest BCUT2D eigenvalue weighted by Gasteiger charge is 2.20. The topological polar surface area (TPSA) is 20.2 Å². The molecule has 0 unspecified atom stereocenters. The summed E-state index contributed by atoms with van der Waals surface area (Å²) in [6.07, 6.45) is 4.04. The van der Waals surface area contributed by atoms with Crippen molar-refractivity contribution >= 4 is 15.9 Å². The Bertz CT molecular complexity index is 399. The number of aliphatic hydroxyl groups excluding tert-OH is 1. The van der Waals surface area contributed by atoms with E-state index in [2.05, 4.69) is 27.8 Å². The number of aliphatic hydroxyl groups is 1. The van der Waals surface area contributed by atoms with Crippen LogP contribution in [0.4, 0.5) is 0 Å². The Hall–Kier alpha value is -0.780. The molecular formula is C14H15BrO. The van der Waals surface area contributed by atoms with E-state index in [4.69, 9.17) is 0 Å². The molecule has 16 heavy (non-hydrogen) atoms. The SMILES string of the molecule is O[C@H]1CCCC[C@@H]1C#Cc1ccc(Br)cc1. The summed E-state index contributed by atoms with van der Waals surface area (Å²) in [6, 6.07) is 7.96. The second-order valence-corrected chi connectivity index (χ2v) is 5.15. The second kappa shape index (κ2) is 5.52. The zero-order chi connectivity index (χ0) is 11.4. The molecule has 0 heterocycles. The van der Waals surface area contributed by atoms with E-state index in [1.807, 2.05) is 24.3 Å². The Labute approximate surface area is 105 Å². The normalized spacial score (nSPS) is 24.6. The van der Waals surface area contributed by atoms with Crippen LogP contribution in [-0.4, -0.2) is 11.2 Å². The number of hydrogen-bond donors (Lipinski definition) is 1. The van der Waals surface area contributed by atoms with Crippen LogP contribution in [0, 0.1) is 17.8 Å². The van der Waals surface area contributed by atoms with Gasteiger partial charge in [-0.25, -0.2) is 0 Å². The van der Waals surface area contributed by atoms with E-state index in [9.17, 15) is 5.11 Å². The molecule has 84 valence electrons. The van der Waals surface area contributed by atoms with E-state index in [-0.39, 0.29) is 12.0 Å². The van der Waals surface area contributed by atoms with Crippen LogP contribution < -0.4 is 0 Å². The number of hydrogen-bond acceptors (Lipinski definition) is 1. The van der Waals surface area contributed by atoms with Crippen molar-refractivity contribution in [1.29, 1.82) is 0 Å². The average Bonchev–Trinajstić information content (AvgIpc) is 2.30. The third-order valence-corrected chi connectivity index (χ3v) is 3.50. The van der Waals surface area contributed by atoms with Gasteiger partial charge in [0.1, 0.15) is 0 Å². The highest BCUT2D eigenvalue weighted by Crippen LogP contribution is 2.23. The van der Waals surface area contributed by atoms with Crippen LogP contribution in [-0.2, 0) is 0 Å². The van der Waals surface area contributed by atoms with Gasteiger partial charge in [-0.1, -0.05) is 40.6 Å². The number of benzene rings is 1. The molecule has 2 heteroatoms. The molecule has 1 N–H and O–H groups in total. The van der Waals surface area contributed by atoms with Gasteiger partial charge >= 0.3 is 0 Å².